The van der Waals surface area contributed by atoms with Crippen molar-refractivity contribution in [1.29, 1.82) is 0 Å². The summed E-state index contributed by atoms with van der Waals surface area (Å²) in [5.74, 6) is -0.322. The van der Waals surface area contributed by atoms with Gasteiger partial charge in [-0.2, -0.15) is 0 Å². The third-order valence-corrected chi connectivity index (χ3v) is 4.93. The van der Waals surface area contributed by atoms with E-state index < -0.39 is 0 Å². The molecule has 0 saturated carbocycles. The first-order valence-electron chi connectivity index (χ1n) is 7.87. The Morgan fingerprint density at radius 2 is 1.84 bits per heavy atom. The highest BCUT2D eigenvalue weighted by Gasteiger charge is 2.17. The van der Waals surface area contributed by atoms with Gasteiger partial charge in [-0.3, -0.25) is 14.3 Å². The van der Waals surface area contributed by atoms with Crippen molar-refractivity contribution < 1.29 is 4.79 Å². The number of hydrogen-bond donors (Lipinski definition) is 1. The number of nitrogens with zero attached hydrogens (tertiary/aromatic N) is 2. The quantitative estimate of drug-likeness (QED) is 0.730. The van der Waals surface area contributed by atoms with E-state index in [0.717, 1.165) is 10.6 Å². The summed E-state index contributed by atoms with van der Waals surface area (Å²) in [4.78, 5) is 27.1. The zero-order valence-corrected chi connectivity index (χ0v) is 15.1. The summed E-state index contributed by atoms with van der Waals surface area (Å²) in [7, 11) is 1.80. The number of hydrogen-bond acceptors (Lipinski definition) is 3. The molecule has 0 aliphatic rings. The molecule has 0 unspecified atom stereocenters. The molecular formula is C19H19N3O2S. The van der Waals surface area contributed by atoms with Crippen molar-refractivity contribution in [2.75, 3.05) is 5.32 Å². The first-order chi connectivity index (χ1) is 12.0. The van der Waals surface area contributed by atoms with Crippen LogP contribution in [0.3, 0.4) is 0 Å². The molecule has 1 N–H and O–H groups in total. The maximum atomic E-state index is 12.7. The van der Waals surface area contributed by atoms with Gasteiger partial charge in [0.15, 0.2) is 0 Å². The number of thiophene rings is 1. The predicted molar refractivity (Wildman–Crippen MR) is 102 cm³/mol. The lowest BCUT2D eigenvalue weighted by molar-refractivity contribution is -0.111. The van der Waals surface area contributed by atoms with E-state index in [0.29, 0.717) is 11.4 Å². The van der Waals surface area contributed by atoms with Gasteiger partial charge in [0.1, 0.15) is 5.69 Å². The van der Waals surface area contributed by atoms with Crippen LogP contribution in [0.25, 0.3) is 11.8 Å². The molecule has 0 atom stereocenters. The molecule has 3 rings (SSSR count). The molecule has 1 aromatic carbocycles. The van der Waals surface area contributed by atoms with Crippen molar-refractivity contribution in [3.05, 3.63) is 74.3 Å². The van der Waals surface area contributed by atoms with E-state index in [2.05, 4.69) is 5.32 Å². The van der Waals surface area contributed by atoms with Crippen LogP contribution < -0.4 is 10.9 Å². The Hall–Kier alpha value is -2.86. The molecule has 0 aliphatic heterocycles. The lowest BCUT2D eigenvalue weighted by Crippen LogP contribution is -2.22. The van der Waals surface area contributed by atoms with Gasteiger partial charge in [0, 0.05) is 22.9 Å². The smallest absolute Gasteiger partial charge is 0.295 e. The SMILES string of the molecule is Cc1ccc(/C=C/C(=O)Nc2c(C)n(C)n(-c3ccccc3)c2=O)s1. The van der Waals surface area contributed by atoms with Crippen molar-refractivity contribution in [3.8, 4) is 5.69 Å². The Balaban J connectivity index is 1.87. The minimum atomic E-state index is -0.322. The number of nitrogens with one attached hydrogen (secondary N) is 1. The summed E-state index contributed by atoms with van der Waals surface area (Å²) >= 11 is 1.61. The fourth-order valence-electron chi connectivity index (χ4n) is 2.58. The molecule has 6 heteroatoms. The third-order valence-electron chi connectivity index (χ3n) is 3.96. The van der Waals surface area contributed by atoms with Gasteiger partial charge < -0.3 is 5.32 Å². The Kier molecular flexibility index (Phi) is 4.72. The molecule has 0 saturated heterocycles. The molecule has 2 aromatic heterocycles. The maximum Gasteiger partial charge on any atom is 0.295 e. The molecular weight excluding hydrogens is 334 g/mol. The van der Waals surface area contributed by atoms with E-state index in [4.69, 9.17) is 0 Å². The van der Waals surface area contributed by atoms with Crippen molar-refractivity contribution in [1.82, 2.24) is 9.36 Å². The van der Waals surface area contributed by atoms with Crippen LogP contribution in [0.1, 0.15) is 15.4 Å². The summed E-state index contributed by atoms with van der Waals surface area (Å²) in [5, 5.41) is 2.71. The average Bonchev–Trinajstić information content (AvgIpc) is 3.11. The van der Waals surface area contributed by atoms with Crippen molar-refractivity contribution >= 4 is 29.0 Å². The van der Waals surface area contributed by atoms with Crippen molar-refractivity contribution in [2.45, 2.75) is 13.8 Å². The molecule has 2 heterocycles. The summed E-state index contributed by atoms with van der Waals surface area (Å²) in [5.41, 5.74) is 1.49. The number of aromatic nitrogens is 2. The first-order valence-corrected chi connectivity index (χ1v) is 8.68. The highest BCUT2D eigenvalue weighted by molar-refractivity contribution is 7.12. The Bertz CT molecular complexity index is 994. The molecule has 0 aliphatic carbocycles. The monoisotopic (exact) mass is 353 g/mol. The minimum Gasteiger partial charge on any atom is -0.316 e. The fraction of sp³-hybridized carbons (Fsp3) is 0.158. The number of para-hydroxylation sites is 1. The Morgan fingerprint density at radius 3 is 2.48 bits per heavy atom. The predicted octanol–water partition coefficient (Wildman–Crippen LogP) is 3.51. The zero-order chi connectivity index (χ0) is 18.0. The topological polar surface area (TPSA) is 56.0 Å². The zero-order valence-electron chi connectivity index (χ0n) is 14.3. The van der Waals surface area contributed by atoms with E-state index >= 15 is 0 Å². The Labute approximate surface area is 149 Å². The number of benzene rings is 1. The van der Waals surface area contributed by atoms with Gasteiger partial charge in [0.05, 0.1) is 11.4 Å². The highest BCUT2D eigenvalue weighted by atomic mass is 32.1. The first kappa shape index (κ1) is 17.0. The molecule has 0 radical (unpaired) electrons. The van der Waals surface area contributed by atoms with Crippen LogP contribution in [0.2, 0.25) is 0 Å². The second kappa shape index (κ2) is 6.94. The standard InChI is InChI=1S/C19H19N3O2S/c1-13-9-10-16(25-13)11-12-17(23)20-18-14(2)21(3)22(19(18)24)15-7-5-4-6-8-15/h4-12H,1-3H3,(H,20,23)/b12-11+. The van der Waals surface area contributed by atoms with Gasteiger partial charge >= 0.3 is 0 Å². The van der Waals surface area contributed by atoms with Crippen molar-refractivity contribution in [2.24, 2.45) is 7.05 Å². The summed E-state index contributed by atoms with van der Waals surface area (Å²) in [6, 6.07) is 13.3. The second-order valence-corrected chi connectivity index (χ2v) is 7.03. The van der Waals surface area contributed by atoms with Crippen LogP contribution in [-0.4, -0.2) is 15.3 Å². The lowest BCUT2D eigenvalue weighted by Gasteiger charge is -2.07. The molecule has 128 valence electrons. The normalized spacial score (nSPS) is 11.2. The average molecular weight is 353 g/mol. The van der Waals surface area contributed by atoms with Crippen LogP contribution in [-0.2, 0) is 11.8 Å². The largest absolute Gasteiger partial charge is 0.316 e. The van der Waals surface area contributed by atoms with E-state index in [1.54, 1.807) is 29.1 Å². The molecule has 1 amide bonds. The molecule has 0 fully saturated rings. The third kappa shape index (κ3) is 3.49. The van der Waals surface area contributed by atoms with Gasteiger partial charge in [-0.25, -0.2) is 4.68 Å². The number of carbonyl (C=O) groups is 1. The van der Waals surface area contributed by atoms with Crippen LogP contribution in [0.5, 0.6) is 0 Å². The number of anilines is 1. The molecule has 5 nitrogen and oxygen atoms in total. The lowest BCUT2D eigenvalue weighted by atomic mass is 10.3. The molecule has 3 aromatic rings. The van der Waals surface area contributed by atoms with Gasteiger partial charge in [-0.05, 0) is 44.2 Å². The van der Waals surface area contributed by atoms with E-state index in [1.807, 2.05) is 56.3 Å². The summed E-state index contributed by atoms with van der Waals surface area (Å²) in [6.07, 6.45) is 3.20. The van der Waals surface area contributed by atoms with Crippen LogP contribution in [0, 0.1) is 13.8 Å². The second-order valence-electron chi connectivity index (χ2n) is 5.71. The van der Waals surface area contributed by atoms with Gasteiger partial charge in [-0.1, -0.05) is 18.2 Å². The van der Waals surface area contributed by atoms with E-state index in [-0.39, 0.29) is 11.5 Å². The number of aryl methyl sites for hydroxylation is 1. The van der Waals surface area contributed by atoms with Gasteiger partial charge in [0.2, 0.25) is 5.91 Å². The van der Waals surface area contributed by atoms with E-state index in [1.165, 1.54) is 15.6 Å². The molecule has 0 bridgehead atoms. The molecule has 25 heavy (non-hydrogen) atoms. The van der Waals surface area contributed by atoms with Gasteiger partial charge in [0.25, 0.3) is 5.56 Å². The van der Waals surface area contributed by atoms with Crippen LogP contribution in [0.15, 0.2) is 53.3 Å². The van der Waals surface area contributed by atoms with Crippen LogP contribution >= 0.6 is 11.3 Å². The summed E-state index contributed by atoms with van der Waals surface area (Å²) < 4.78 is 3.27. The highest BCUT2D eigenvalue weighted by Crippen LogP contribution is 2.17. The van der Waals surface area contributed by atoms with Crippen molar-refractivity contribution in [3.63, 3.8) is 0 Å². The number of carbonyl (C=O) groups excluding carboxylic acids is 1. The molecule has 0 spiro atoms. The fourth-order valence-corrected chi connectivity index (χ4v) is 3.36. The summed E-state index contributed by atoms with van der Waals surface area (Å²) in [6.45, 7) is 3.82. The maximum absolute atomic E-state index is 12.7. The van der Waals surface area contributed by atoms with E-state index in [9.17, 15) is 9.59 Å². The van der Waals surface area contributed by atoms with Gasteiger partial charge in [-0.15, -0.1) is 11.3 Å². The number of amides is 1. The minimum absolute atomic E-state index is 0.250. The number of rotatable bonds is 4. The Morgan fingerprint density at radius 1 is 1.12 bits per heavy atom. The van der Waals surface area contributed by atoms with Crippen LogP contribution in [0.4, 0.5) is 5.69 Å².